The Hall–Kier alpha value is -2.09. The lowest BCUT2D eigenvalue weighted by atomic mass is 10.0. The number of hydrogen-bond acceptors (Lipinski definition) is 7. The Morgan fingerprint density at radius 2 is 2.00 bits per heavy atom. The molecule has 4 nitrogen and oxygen atoms in total. The topological polar surface area (TPSA) is 55.7 Å². The molecule has 0 spiro atoms. The lowest BCUT2D eigenvalue weighted by Crippen LogP contribution is -2.05. The molecule has 0 aliphatic carbocycles. The first-order valence-electron chi connectivity index (χ1n) is 8.44. The van der Waals surface area contributed by atoms with Crippen LogP contribution in [0.2, 0.25) is 0 Å². The third-order valence-electron chi connectivity index (χ3n) is 4.17. The second kappa shape index (κ2) is 7.50. The molecule has 3 heterocycles. The van der Waals surface area contributed by atoms with E-state index in [0.29, 0.717) is 10.8 Å². The van der Waals surface area contributed by atoms with Gasteiger partial charge in [-0.25, -0.2) is 4.98 Å². The number of ketones is 1. The van der Waals surface area contributed by atoms with Crippen LogP contribution in [0.25, 0.3) is 20.8 Å². The quantitative estimate of drug-likeness (QED) is 0.311. The first-order chi connectivity index (χ1) is 13.0. The highest BCUT2D eigenvalue weighted by molar-refractivity contribution is 8.00. The van der Waals surface area contributed by atoms with Gasteiger partial charge in [0.1, 0.15) is 16.2 Å². The normalized spacial score (nSPS) is 11.2. The van der Waals surface area contributed by atoms with Crippen molar-refractivity contribution in [1.82, 2.24) is 15.2 Å². The van der Waals surface area contributed by atoms with E-state index in [0.717, 1.165) is 42.5 Å². The van der Waals surface area contributed by atoms with Crippen LogP contribution in [0.1, 0.15) is 26.5 Å². The van der Waals surface area contributed by atoms with Crippen LogP contribution in [0.15, 0.2) is 40.7 Å². The molecular formula is C20H17N3OS3. The van der Waals surface area contributed by atoms with Crippen molar-refractivity contribution < 1.29 is 4.79 Å². The van der Waals surface area contributed by atoms with Crippen LogP contribution < -0.4 is 0 Å². The molecule has 4 aromatic rings. The summed E-state index contributed by atoms with van der Waals surface area (Å²) < 4.78 is 1.03. The summed E-state index contributed by atoms with van der Waals surface area (Å²) >= 11 is 4.67. The molecule has 0 aliphatic rings. The van der Waals surface area contributed by atoms with Gasteiger partial charge in [-0.05, 0) is 37.8 Å². The van der Waals surface area contributed by atoms with Gasteiger partial charge < -0.3 is 0 Å². The number of nitrogens with zero attached hydrogens (tertiary/aromatic N) is 3. The molecule has 4 rings (SSSR count). The van der Waals surface area contributed by atoms with E-state index < -0.39 is 0 Å². The van der Waals surface area contributed by atoms with Crippen LogP contribution in [0, 0.1) is 20.8 Å². The van der Waals surface area contributed by atoms with Crippen molar-refractivity contribution in [2.75, 3.05) is 5.75 Å². The molecule has 0 fully saturated rings. The van der Waals surface area contributed by atoms with Crippen molar-refractivity contribution in [3.05, 3.63) is 57.4 Å². The smallest absolute Gasteiger partial charge is 0.173 e. The second-order valence-electron chi connectivity index (χ2n) is 6.27. The number of Topliss-reactive ketones (excluding diaryl/α,β-unsaturated/α-hetero) is 1. The Labute approximate surface area is 169 Å². The van der Waals surface area contributed by atoms with Crippen LogP contribution in [-0.2, 0) is 0 Å². The molecule has 0 saturated heterocycles. The van der Waals surface area contributed by atoms with E-state index in [9.17, 15) is 4.79 Å². The zero-order valence-electron chi connectivity index (χ0n) is 15.1. The fourth-order valence-corrected chi connectivity index (χ4v) is 5.50. The second-order valence-corrected chi connectivity index (χ2v) is 9.39. The Bertz CT molecular complexity index is 1130. The van der Waals surface area contributed by atoms with Crippen LogP contribution >= 0.6 is 34.4 Å². The molecule has 27 heavy (non-hydrogen) atoms. The third kappa shape index (κ3) is 3.67. The van der Waals surface area contributed by atoms with E-state index in [1.54, 1.807) is 22.7 Å². The highest BCUT2D eigenvalue weighted by Gasteiger charge is 2.18. The van der Waals surface area contributed by atoms with Crippen LogP contribution in [-0.4, -0.2) is 26.7 Å². The third-order valence-corrected chi connectivity index (χ3v) is 6.98. The Kier molecular flexibility index (Phi) is 5.08. The number of thiophene rings is 1. The number of carbonyl (C=O) groups excluding carboxylic acids is 1. The van der Waals surface area contributed by atoms with E-state index in [-0.39, 0.29) is 5.78 Å². The van der Waals surface area contributed by atoms with Gasteiger partial charge in [-0.3, -0.25) is 4.79 Å². The molecule has 1 aromatic carbocycles. The van der Waals surface area contributed by atoms with Gasteiger partial charge in [-0.2, -0.15) is 0 Å². The lowest BCUT2D eigenvalue weighted by molar-refractivity contribution is 0.102. The first kappa shape index (κ1) is 18.3. The van der Waals surface area contributed by atoms with Crippen molar-refractivity contribution in [2.24, 2.45) is 0 Å². The van der Waals surface area contributed by atoms with Crippen molar-refractivity contribution in [3.63, 3.8) is 0 Å². The highest BCUT2D eigenvalue weighted by atomic mass is 32.2. The molecule has 0 saturated carbocycles. The molecule has 0 aliphatic heterocycles. The summed E-state index contributed by atoms with van der Waals surface area (Å²) in [6.45, 7) is 5.99. The Morgan fingerprint density at radius 3 is 2.74 bits per heavy atom. The van der Waals surface area contributed by atoms with E-state index in [1.165, 1.54) is 11.8 Å². The van der Waals surface area contributed by atoms with Gasteiger partial charge in [0.2, 0.25) is 0 Å². The first-order valence-corrected chi connectivity index (χ1v) is 11.1. The summed E-state index contributed by atoms with van der Waals surface area (Å²) in [6.07, 6.45) is 0. The zero-order valence-corrected chi connectivity index (χ0v) is 17.6. The van der Waals surface area contributed by atoms with Gasteiger partial charge in [0.05, 0.1) is 20.3 Å². The van der Waals surface area contributed by atoms with Gasteiger partial charge in [0.15, 0.2) is 5.78 Å². The molecule has 0 unspecified atom stereocenters. The van der Waals surface area contributed by atoms with Crippen molar-refractivity contribution in [1.29, 1.82) is 0 Å². The number of rotatable bonds is 5. The number of thioether (sulfide) groups is 1. The maximum absolute atomic E-state index is 12.7. The molecular weight excluding hydrogens is 394 g/mol. The van der Waals surface area contributed by atoms with E-state index in [4.69, 9.17) is 0 Å². The molecule has 7 heteroatoms. The predicted molar refractivity (Wildman–Crippen MR) is 114 cm³/mol. The largest absolute Gasteiger partial charge is 0.293 e. The summed E-state index contributed by atoms with van der Waals surface area (Å²) in [5, 5.41) is 12.5. The Morgan fingerprint density at radius 1 is 1.15 bits per heavy atom. The SMILES string of the molecule is Cc1ccc(C(=O)CSc2nnc(-c3cccs3)c3sc(C)nc23)c(C)c1. The van der Waals surface area contributed by atoms with Crippen molar-refractivity contribution in [3.8, 4) is 10.6 Å². The number of fused-ring (bicyclic) bond motifs is 1. The summed E-state index contributed by atoms with van der Waals surface area (Å²) in [7, 11) is 0. The summed E-state index contributed by atoms with van der Waals surface area (Å²) in [5.74, 6) is 0.421. The van der Waals surface area contributed by atoms with Gasteiger partial charge in [-0.15, -0.1) is 32.9 Å². The highest BCUT2D eigenvalue weighted by Crippen LogP contribution is 2.36. The monoisotopic (exact) mass is 411 g/mol. The minimum absolute atomic E-state index is 0.0988. The maximum Gasteiger partial charge on any atom is 0.173 e. The lowest BCUT2D eigenvalue weighted by Gasteiger charge is -2.06. The maximum atomic E-state index is 12.7. The predicted octanol–water partition coefficient (Wildman–Crippen LogP) is 5.72. The average molecular weight is 412 g/mol. The number of hydrogen-bond donors (Lipinski definition) is 0. The minimum atomic E-state index is 0.0988. The summed E-state index contributed by atoms with van der Waals surface area (Å²) in [4.78, 5) is 18.4. The summed E-state index contributed by atoms with van der Waals surface area (Å²) in [6, 6.07) is 9.96. The molecule has 0 radical (unpaired) electrons. The fraction of sp³-hybridized carbons (Fsp3) is 0.200. The standard InChI is InChI=1S/C20H17N3OS3/c1-11-6-7-14(12(2)9-11)15(24)10-26-20-18-19(27-13(3)21-18)17(22-23-20)16-5-4-8-25-16/h4-9H,10H2,1-3H3. The van der Waals surface area contributed by atoms with Crippen molar-refractivity contribution in [2.45, 2.75) is 25.8 Å². The van der Waals surface area contributed by atoms with E-state index in [1.807, 2.05) is 56.5 Å². The number of carbonyl (C=O) groups is 1. The average Bonchev–Trinajstić information content (AvgIpc) is 3.28. The van der Waals surface area contributed by atoms with Gasteiger partial charge in [0.25, 0.3) is 0 Å². The zero-order chi connectivity index (χ0) is 19.0. The number of benzene rings is 1. The molecule has 3 aromatic heterocycles. The van der Waals surface area contributed by atoms with E-state index in [2.05, 4.69) is 15.2 Å². The molecule has 0 atom stereocenters. The van der Waals surface area contributed by atoms with Gasteiger partial charge >= 0.3 is 0 Å². The molecule has 0 amide bonds. The number of aryl methyl sites for hydroxylation is 3. The molecule has 0 N–H and O–H groups in total. The molecule has 136 valence electrons. The van der Waals surface area contributed by atoms with Crippen LogP contribution in [0.4, 0.5) is 0 Å². The Balaban J connectivity index is 1.63. The summed E-state index contributed by atoms with van der Waals surface area (Å²) in [5.41, 5.74) is 4.65. The van der Waals surface area contributed by atoms with Crippen LogP contribution in [0.3, 0.4) is 0 Å². The number of thiazole rings is 1. The number of aromatic nitrogens is 3. The van der Waals surface area contributed by atoms with Crippen molar-refractivity contribution >= 4 is 50.4 Å². The minimum Gasteiger partial charge on any atom is -0.293 e. The van der Waals surface area contributed by atoms with E-state index >= 15 is 0 Å². The van der Waals surface area contributed by atoms with Gasteiger partial charge in [0, 0.05) is 5.56 Å². The fourth-order valence-electron chi connectivity index (χ4n) is 2.93. The van der Waals surface area contributed by atoms with Crippen LogP contribution in [0.5, 0.6) is 0 Å². The van der Waals surface area contributed by atoms with Gasteiger partial charge in [-0.1, -0.05) is 41.6 Å². The molecule has 0 bridgehead atoms.